The van der Waals surface area contributed by atoms with E-state index in [-0.39, 0.29) is 6.10 Å². The van der Waals surface area contributed by atoms with Crippen molar-refractivity contribution in [3.63, 3.8) is 0 Å². The molecule has 0 aliphatic carbocycles. The first-order valence-corrected chi connectivity index (χ1v) is 9.60. The molecule has 2 aromatic carbocycles. The molecule has 0 spiro atoms. The molecular weight excluding hydrogens is 360 g/mol. The third-order valence-electron chi connectivity index (χ3n) is 3.59. The van der Waals surface area contributed by atoms with Crippen LogP contribution in [0.25, 0.3) is 0 Å². The van der Waals surface area contributed by atoms with Crippen molar-refractivity contribution < 1.29 is 9.47 Å². The summed E-state index contributed by atoms with van der Waals surface area (Å²) >= 11 is 1.59. The van der Waals surface area contributed by atoms with E-state index in [2.05, 4.69) is 27.4 Å². The molecule has 0 N–H and O–H groups in total. The molecule has 7 heteroatoms. The van der Waals surface area contributed by atoms with Crippen molar-refractivity contribution in [2.45, 2.75) is 30.9 Å². The molecule has 0 saturated heterocycles. The number of aromatic nitrogens is 3. The van der Waals surface area contributed by atoms with Crippen molar-refractivity contribution in [1.29, 1.82) is 0 Å². The summed E-state index contributed by atoms with van der Waals surface area (Å²) in [5, 5.41) is 13.3. The molecule has 1 heterocycles. The van der Waals surface area contributed by atoms with Gasteiger partial charge < -0.3 is 9.47 Å². The van der Waals surface area contributed by atoms with E-state index in [4.69, 9.17) is 9.47 Å². The maximum absolute atomic E-state index is 5.74. The SMILES string of the molecule is COc1cc(/C=N\n2cnnc2SCc2ccccc2)ccc1OC(C)C. The lowest BCUT2D eigenvalue weighted by Crippen LogP contribution is -2.06. The molecule has 3 rings (SSSR count). The first kappa shape index (κ1) is 19.0. The molecule has 0 atom stereocenters. The van der Waals surface area contributed by atoms with E-state index in [0.29, 0.717) is 11.5 Å². The topological polar surface area (TPSA) is 61.5 Å². The fourth-order valence-electron chi connectivity index (χ4n) is 2.36. The number of hydrogen-bond donors (Lipinski definition) is 0. The van der Waals surface area contributed by atoms with Crippen LogP contribution in [0.4, 0.5) is 0 Å². The zero-order valence-corrected chi connectivity index (χ0v) is 16.4. The summed E-state index contributed by atoms with van der Waals surface area (Å²) in [6.45, 7) is 3.96. The van der Waals surface area contributed by atoms with Gasteiger partial charge in [-0.05, 0) is 43.2 Å². The number of thioether (sulfide) groups is 1. The largest absolute Gasteiger partial charge is 0.493 e. The molecule has 0 saturated carbocycles. The van der Waals surface area contributed by atoms with Crippen molar-refractivity contribution in [3.8, 4) is 11.5 Å². The molecule has 0 radical (unpaired) electrons. The number of benzene rings is 2. The predicted molar refractivity (Wildman–Crippen MR) is 108 cm³/mol. The second kappa shape index (κ2) is 9.23. The minimum atomic E-state index is 0.0830. The number of hydrogen-bond acceptors (Lipinski definition) is 6. The quantitative estimate of drug-likeness (QED) is 0.431. The van der Waals surface area contributed by atoms with Crippen LogP contribution in [0.5, 0.6) is 11.5 Å². The fourth-order valence-corrected chi connectivity index (χ4v) is 3.18. The fraction of sp³-hybridized carbons (Fsp3) is 0.250. The minimum Gasteiger partial charge on any atom is -0.493 e. The molecule has 0 bridgehead atoms. The van der Waals surface area contributed by atoms with Gasteiger partial charge in [0.15, 0.2) is 11.5 Å². The van der Waals surface area contributed by atoms with Gasteiger partial charge in [-0.3, -0.25) is 0 Å². The van der Waals surface area contributed by atoms with Gasteiger partial charge in [-0.2, -0.15) is 9.78 Å². The standard InChI is InChI=1S/C20H22N4O2S/c1-15(2)26-18-10-9-17(11-19(18)25-3)12-22-24-14-21-23-20(24)27-13-16-7-5-4-6-8-16/h4-12,14-15H,13H2,1-3H3/b22-12-. The maximum atomic E-state index is 5.74. The summed E-state index contributed by atoms with van der Waals surface area (Å²) in [6, 6.07) is 15.9. The zero-order chi connectivity index (χ0) is 19.1. The van der Waals surface area contributed by atoms with E-state index < -0.39 is 0 Å². The van der Waals surface area contributed by atoms with E-state index in [9.17, 15) is 0 Å². The Hall–Kier alpha value is -2.80. The van der Waals surface area contributed by atoms with Gasteiger partial charge >= 0.3 is 0 Å². The van der Waals surface area contributed by atoms with Crippen LogP contribution in [0, 0.1) is 0 Å². The Kier molecular flexibility index (Phi) is 6.49. The van der Waals surface area contributed by atoms with Crippen LogP contribution in [0.3, 0.4) is 0 Å². The van der Waals surface area contributed by atoms with E-state index in [1.165, 1.54) is 5.56 Å². The van der Waals surface area contributed by atoms with Crippen LogP contribution in [0.2, 0.25) is 0 Å². The second-order valence-corrected chi connectivity index (χ2v) is 7.00. The van der Waals surface area contributed by atoms with Crippen molar-refractivity contribution in [1.82, 2.24) is 14.9 Å². The third kappa shape index (κ3) is 5.34. The Labute approximate surface area is 163 Å². The van der Waals surface area contributed by atoms with E-state index in [1.807, 2.05) is 50.2 Å². The monoisotopic (exact) mass is 382 g/mol. The van der Waals surface area contributed by atoms with Crippen LogP contribution >= 0.6 is 11.8 Å². The normalized spacial score (nSPS) is 11.3. The summed E-state index contributed by atoms with van der Waals surface area (Å²) in [4.78, 5) is 0. The number of methoxy groups -OCH3 is 1. The highest BCUT2D eigenvalue weighted by Gasteiger charge is 2.08. The predicted octanol–water partition coefficient (Wildman–Crippen LogP) is 4.25. The van der Waals surface area contributed by atoms with Gasteiger partial charge in [0.1, 0.15) is 6.33 Å². The smallest absolute Gasteiger partial charge is 0.212 e. The second-order valence-electron chi connectivity index (χ2n) is 6.05. The summed E-state index contributed by atoms with van der Waals surface area (Å²) in [6.07, 6.45) is 3.43. The highest BCUT2D eigenvalue weighted by molar-refractivity contribution is 7.98. The van der Waals surface area contributed by atoms with Gasteiger partial charge in [0.05, 0.1) is 19.4 Å². The molecular formula is C20H22N4O2S. The molecule has 140 valence electrons. The lowest BCUT2D eigenvalue weighted by molar-refractivity contribution is 0.230. The molecule has 0 aliphatic heterocycles. The molecule has 0 amide bonds. The molecule has 0 fully saturated rings. The first-order chi connectivity index (χ1) is 13.2. The van der Waals surface area contributed by atoms with E-state index in [0.717, 1.165) is 16.5 Å². The summed E-state index contributed by atoms with van der Waals surface area (Å²) in [5.41, 5.74) is 2.13. The Morgan fingerprint density at radius 1 is 1.15 bits per heavy atom. The van der Waals surface area contributed by atoms with Crippen molar-refractivity contribution in [2.75, 3.05) is 7.11 Å². The highest BCUT2D eigenvalue weighted by Crippen LogP contribution is 2.28. The average Bonchev–Trinajstić information content (AvgIpc) is 3.13. The minimum absolute atomic E-state index is 0.0830. The van der Waals surface area contributed by atoms with Gasteiger partial charge in [-0.25, -0.2) is 0 Å². The Morgan fingerprint density at radius 2 is 1.96 bits per heavy atom. The van der Waals surface area contributed by atoms with Gasteiger partial charge in [0.2, 0.25) is 5.16 Å². The summed E-state index contributed by atoms with van der Waals surface area (Å²) in [7, 11) is 1.63. The first-order valence-electron chi connectivity index (χ1n) is 8.61. The lowest BCUT2D eigenvalue weighted by Gasteiger charge is -2.13. The number of nitrogens with zero attached hydrogens (tertiary/aromatic N) is 4. The van der Waals surface area contributed by atoms with Gasteiger partial charge in [-0.1, -0.05) is 42.1 Å². The van der Waals surface area contributed by atoms with Crippen LogP contribution in [0.1, 0.15) is 25.0 Å². The Bertz CT molecular complexity index is 894. The van der Waals surface area contributed by atoms with Crippen molar-refractivity contribution >= 4 is 18.0 Å². The maximum Gasteiger partial charge on any atom is 0.212 e. The third-order valence-corrected chi connectivity index (χ3v) is 4.60. The lowest BCUT2D eigenvalue weighted by atomic mass is 10.2. The molecule has 1 aromatic heterocycles. The van der Waals surface area contributed by atoms with Crippen LogP contribution in [0.15, 0.2) is 65.1 Å². The zero-order valence-electron chi connectivity index (χ0n) is 15.6. The van der Waals surface area contributed by atoms with Crippen molar-refractivity contribution in [3.05, 3.63) is 66.0 Å². The van der Waals surface area contributed by atoms with Gasteiger partial charge in [0.25, 0.3) is 0 Å². The number of ether oxygens (including phenoxy) is 2. The van der Waals surface area contributed by atoms with Crippen LogP contribution in [-0.4, -0.2) is 34.3 Å². The highest BCUT2D eigenvalue weighted by atomic mass is 32.2. The number of rotatable bonds is 8. The Morgan fingerprint density at radius 3 is 2.70 bits per heavy atom. The summed E-state index contributed by atoms with van der Waals surface area (Å²) in [5.74, 6) is 2.20. The molecule has 0 aliphatic rings. The summed E-state index contributed by atoms with van der Waals surface area (Å²) < 4.78 is 12.8. The Balaban J connectivity index is 1.70. The van der Waals surface area contributed by atoms with Gasteiger partial charge in [-0.15, -0.1) is 10.2 Å². The van der Waals surface area contributed by atoms with Crippen LogP contribution in [-0.2, 0) is 5.75 Å². The van der Waals surface area contributed by atoms with Crippen molar-refractivity contribution in [2.24, 2.45) is 5.10 Å². The van der Waals surface area contributed by atoms with E-state index in [1.54, 1.807) is 36.1 Å². The van der Waals surface area contributed by atoms with E-state index >= 15 is 0 Å². The molecule has 27 heavy (non-hydrogen) atoms. The van der Waals surface area contributed by atoms with Crippen LogP contribution < -0.4 is 9.47 Å². The average molecular weight is 382 g/mol. The molecule has 0 unspecified atom stereocenters. The van der Waals surface area contributed by atoms with Gasteiger partial charge in [0, 0.05) is 5.75 Å². The molecule has 3 aromatic rings. The molecule has 6 nitrogen and oxygen atoms in total.